The Kier molecular flexibility index (Phi) is 9.60. The van der Waals surface area contributed by atoms with Crippen molar-refractivity contribution < 1.29 is 22.9 Å². The largest absolute Gasteiger partial charge is 0.495 e. The van der Waals surface area contributed by atoms with Crippen LogP contribution < -0.4 is 14.4 Å². The lowest BCUT2D eigenvalue weighted by atomic mass is 10.2. The SMILES string of the molecule is COc1ccc([N+](=O)[O-])cc1N(CC(=O)NCCCSCc1ccc(Cl)cc1)S(C)(=O)=O. The van der Waals surface area contributed by atoms with Crippen LogP contribution in [0.2, 0.25) is 5.02 Å². The molecule has 0 fully saturated rings. The summed E-state index contributed by atoms with van der Waals surface area (Å²) < 4.78 is 30.5. The Morgan fingerprint density at radius 2 is 1.94 bits per heavy atom. The zero-order valence-electron chi connectivity index (χ0n) is 17.6. The average molecular weight is 502 g/mol. The lowest BCUT2D eigenvalue weighted by Crippen LogP contribution is -2.40. The van der Waals surface area contributed by atoms with E-state index in [4.69, 9.17) is 16.3 Å². The van der Waals surface area contributed by atoms with E-state index in [0.29, 0.717) is 18.0 Å². The maximum atomic E-state index is 12.4. The highest BCUT2D eigenvalue weighted by Gasteiger charge is 2.26. The van der Waals surface area contributed by atoms with Gasteiger partial charge in [0, 0.05) is 29.5 Å². The topological polar surface area (TPSA) is 119 Å². The summed E-state index contributed by atoms with van der Waals surface area (Å²) >= 11 is 7.57. The monoisotopic (exact) mass is 501 g/mol. The van der Waals surface area contributed by atoms with Gasteiger partial charge in [0.25, 0.3) is 5.69 Å². The number of sulfonamides is 1. The number of hydrogen-bond donors (Lipinski definition) is 1. The lowest BCUT2D eigenvalue weighted by molar-refractivity contribution is -0.384. The Bertz CT molecular complexity index is 1050. The fourth-order valence-electron chi connectivity index (χ4n) is 2.73. The average Bonchev–Trinajstić information content (AvgIpc) is 2.74. The van der Waals surface area contributed by atoms with Crippen molar-refractivity contribution in [2.45, 2.75) is 12.2 Å². The summed E-state index contributed by atoms with van der Waals surface area (Å²) in [5, 5.41) is 14.5. The van der Waals surface area contributed by atoms with E-state index in [-0.39, 0.29) is 17.1 Å². The maximum absolute atomic E-state index is 12.4. The molecule has 0 aliphatic carbocycles. The number of nitro groups is 1. The molecular weight excluding hydrogens is 478 g/mol. The minimum atomic E-state index is -3.90. The molecule has 0 spiro atoms. The fourth-order valence-corrected chi connectivity index (χ4v) is 4.63. The smallest absolute Gasteiger partial charge is 0.271 e. The number of amides is 1. The summed E-state index contributed by atoms with van der Waals surface area (Å²) in [5.41, 5.74) is 0.767. The van der Waals surface area contributed by atoms with Gasteiger partial charge in [0.1, 0.15) is 18.0 Å². The molecule has 0 unspecified atom stereocenters. The molecule has 174 valence electrons. The minimum Gasteiger partial charge on any atom is -0.495 e. The standard InChI is InChI=1S/C20H24ClN3O6S2/c1-30-19-9-8-17(24(26)27)12-18(19)23(32(2,28)29)13-20(25)22-10-3-11-31-14-15-4-6-16(21)7-5-15/h4-9,12H,3,10-11,13-14H2,1-2H3,(H,22,25). The number of benzene rings is 2. The highest BCUT2D eigenvalue weighted by molar-refractivity contribution is 7.98. The number of ether oxygens (including phenoxy) is 1. The molecule has 0 aromatic heterocycles. The van der Waals surface area contributed by atoms with Crippen molar-refractivity contribution in [1.29, 1.82) is 0 Å². The molecule has 12 heteroatoms. The van der Waals surface area contributed by atoms with Crippen molar-refractivity contribution in [3.05, 3.63) is 63.2 Å². The predicted octanol–water partition coefficient (Wildman–Crippen LogP) is 3.46. The van der Waals surface area contributed by atoms with Crippen molar-refractivity contribution in [1.82, 2.24) is 5.32 Å². The minimum absolute atomic E-state index is 0.0714. The van der Waals surface area contributed by atoms with Gasteiger partial charge in [-0.25, -0.2) is 8.42 Å². The second-order valence-electron chi connectivity index (χ2n) is 6.77. The molecule has 0 radical (unpaired) electrons. The number of nitrogens with one attached hydrogen (secondary N) is 1. The van der Waals surface area contributed by atoms with E-state index in [9.17, 15) is 23.3 Å². The number of halogens is 1. The third-order valence-corrected chi connectivity index (χ3v) is 6.79. The molecule has 2 rings (SSSR count). The Morgan fingerprint density at radius 3 is 2.53 bits per heavy atom. The van der Waals surface area contributed by atoms with E-state index in [1.807, 2.05) is 24.3 Å². The quantitative estimate of drug-likeness (QED) is 0.268. The number of anilines is 1. The van der Waals surface area contributed by atoms with Crippen LogP contribution in [-0.2, 0) is 20.6 Å². The van der Waals surface area contributed by atoms with Crippen LogP contribution in [0.4, 0.5) is 11.4 Å². The molecule has 0 aliphatic rings. The molecule has 9 nitrogen and oxygen atoms in total. The zero-order chi connectivity index (χ0) is 23.7. The second-order valence-corrected chi connectivity index (χ2v) is 10.2. The second kappa shape index (κ2) is 11.9. The van der Waals surface area contributed by atoms with Gasteiger partial charge in [0.15, 0.2) is 0 Å². The number of nitrogens with zero attached hydrogens (tertiary/aromatic N) is 2. The first-order chi connectivity index (χ1) is 15.1. The molecule has 0 saturated heterocycles. The van der Waals surface area contributed by atoms with Gasteiger partial charge >= 0.3 is 0 Å². The summed E-state index contributed by atoms with van der Waals surface area (Å²) in [6.45, 7) is -0.148. The molecule has 0 atom stereocenters. The van der Waals surface area contributed by atoms with E-state index in [1.54, 1.807) is 11.8 Å². The summed E-state index contributed by atoms with van der Waals surface area (Å²) in [6, 6.07) is 11.1. The Labute approximate surface area is 196 Å². The highest BCUT2D eigenvalue weighted by atomic mass is 35.5. The van der Waals surface area contributed by atoms with E-state index in [0.717, 1.165) is 33.7 Å². The number of methoxy groups -OCH3 is 1. The number of carbonyl (C=O) groups excluding carboxylic acids is 1. The molecule has 0 aliphatic heterocycles. The molecule has 0 saturated carbocycles. The molecule has 1 N–H and O–H groups in total. The zero-order valence-corrected chi connectivity index (χ0v) is 20.0. The first-order valence-corrected chi connectivity index (χ1v) is 12.9. The summed E-state index contributed by atoms with van der Waals surface area (Å²) in [7, 11) is -2.59. The van der Waals surface area contributed by atoms with Crippen molar-refractivity contribution in [3.63, 3.8) is 0 Å². The number of carbonyl (C=O) groups is 1. The van der Waals surface area contributed by atoms with Gasteiger partial charge in [-0.05, 0) is 35.9 Å². The van der Waals surface area contributed by atoms with Crippen molar-refractivity contribution in [2.24, 2.45) is 0 Å². The van der Waals surface area contributed by atoms with E-state index >= 15 is 0 Å². The van der Waals surface area contributed by atoms with Crippen molar-refractivity contribution in [2.75, 3.05) is 36.5 Å². The van der Waals surface area contributed by atoms with E-state index < -0.39 is 27.4 Å². The Balaban J connectivity index is 1.91. The lowest BCUT2D eigenvalue weighted by Gasteiger charge is -2.23. The molecule has 2 aromatic rings. The van der Waals surface area contributed by atoms with E-state index in [1.165, 1.54) is 19.2 Å². The van der Waals surface area contributed by atoms with Crippen LogP contribution >= 0.6 is 23.4 Å². The first kappa shape index (κ1) is 25.8. The molecule has 32 heavy (non-hydrogen) atoms. The maximum Gasteiger partial charge on any atom is 0.271 e. The van der Waals surface area contributed by atoms with E-state index in [2.05, 4.69) is 5.32 Å². The Morgan fingerprint density at radius 1 is 1.25 bits per heavy atom. The molecule has 0 bridgehead atoms. The normalized spacial score (nSPS) is 11.1. The number of nitro benzene ring substituents is 1. The number of rotatable bonds is 12. The van der Waals surface area contributed by atoms with Gasteiger partial charge in [0.05, 0.1) is 18.3 Å². The van der Waals surface area contributed by atoms with Gasteiger partial charge in [-0.2, -0.15) is 11.8 Å². The number of thioether (sulfide) groups is 1. The highest BCUT2D eigenvalue weighted by Crippen LogP contribution is 2.33. The molecule has 0 heterocycles. The third-order valence-electron chi connectivity index (χ3n) is 4.30. The van der Waals surface area contributed by atoms with Crippen LogP contribution in [-0.4, -0.2) is 51.5 Å². The summed E-state index contributed by atoms with van der Waals surface area (Å²) in [4.78, 5) is 22.8. The van der Waals surface area contributed by atoms with Gasteiger partial charge < -0.3 is 10.1 Å². The van der Waals surface area contributed by atoms with Gasteiger partial charge in [0.2, 0.25) is 15.9 Å². The fraction of sp³-hybridized carbons (Fsp3) is 0.350. The Hall–Kier alpha value is -2.50. The van der Waals surface area contributed by atoms with Crippen LogP contribution in [0.3, 0.4) is 0 Å². The molecule has 2 aromatic carbocycles. The van der Waals surface area contributed by atoms with Crippen LogP contribution in [0.15, 0.2) is 42.5 Å². The van der Waals surface area contributed by atoms with Crippen LogP contribution in [0.1, 0.15) is 12.0 Å². The first-order valence-electron chi connectivity index (χ1n) is 9.51. The molecular formula is C20H24ClN3O6S2. The van der Waals surface area contributed by atoms with Crippen molar-refractivity contribution >= 4 is 50.7 Å². The summed E-state index contributed by atoms with van der Waals surface area (Å²) in [5.74, 6) is 1.20. The summed E-state index contributed by atoms with van der Waals surface area (Å²) in [6.07, 6.45) is 1.62. The van der Waals surface area contributed by atoms with Crippen LogP contribution in [0, 0.1) is 10.1 Å². The van der Waals surface area contributed by atoms with Gasteiger partial charge in [-0.15, -0.1) is 0 Å². The van der Waals surface area contributed by atoms with Gasteiger partial charge in [-0.1, -0.05) is 23.7 Å². The number of non-ortho nitro benzene ring substituents is 1. The third kappa shape index (κ3) is 7.88. The predicted molar refractivity (Wildman–Crippen MR) is 127 cm³/mol. The molecule has 1 amide bonds. The van der Waals surface area contributed by atoms with Gasteiger partial charge in [-0.3, -0.25) is 19.2 Å². The van der Waals surface area contributed by atoms with Crippen molar-refractivity contribution in [3.8, 4) is 5.75 Å². The van der Waals surface area contributed by atoms with Crippen LogP contribution in [0.5, 0.6) is 5.75 Å². The van der Waals surface area contributed by atoms with Crippen LogP contribution in [0.25, 0.3) is 0 Å². The number of hydrogen-bond acceptors (Lipinski definition) is 7.